The van der Waals surface area contributed by atoms with Crippen LogP contribution in [0.5, 0.6) is 0 Å². The summed E-state index contributed by atoms with van der Waals surface area (Å²) in [5.74, 6) is 4.57. The Morgan fingerprint density at radius 3 is 2.67 bits per heavy atom. The van der Waals surface area contributed by atoms with E-state index in [2.05, 4.69) is 31.1 Å². The summed E-state index contributed by atoms with van der Waals surface area (Å²) in [5.41, 5.74) is 2.31. The third-order valence-corrected chi connectivity index (χ3v) is 4.54. The Kier molecular flexibility index (Phi) is 4.67. The molecule has 0 radical (unpaired) electrons. The summed E-state index contributed by atoms with van der Waals surface area (Å²) in [5, 5.41) is -0.195. The Morgan fingerprint density at radius 1 is 1.33 bits per heavy atom. The van der Waals surface area contributed by atoms with Gasteiger partial charge in [-0.1, -0.05) is 11.6 Å². The molecule has 0 unspecified atom stereocenters. The van der Waals surface area contributed by atoms with Crippen molar-refractivity contribution in [2.75, 3.05) is 10.1 Å². The number of rotatable bonds is 4. The second kappa shape index (κ2) is 6.14. The van der Waals surface area contributed by atoms with Crippen LogP contribution in [0.3, 0.4) is 0 Å². The second-order valence-corrected chi connectivity index (χ2v) is 6.85. The first-order chi connectivity index (χ1) is 9.83. The number of nitrogens with two attached hydrogens (primary N) is 1. The van der Waals surface area contributed by atoms with Crippen LogP contribution in [0, 0.1) is 5.82 Å². The summed E-state index contributed by atoms with van der Waals surface area (Å²) in [6, 6.07) is 4.80. The first-order valence-corrected chi connectivity index (χ1v) is 8.09. The van der Waals surface area contributed by atoms with Crippen molar-refractivity contribution in [3.63, 3.8) is 0 Å². The molecule has 2 aromatic rings. The van der Waals surface area contributed by atoms with Gasteiger partial charge >= 0.3 is 0 Å². The highest BCUT2D eigenvalue weighted by Crippen LogP contribution is 2.26. The molecule has 0 atom stereocenters. The van der Waals surface area contributed by atoms with E-state index < -0.39 is 15.8 Å². The average molecular weight is 396 g/mol. The minimum absolute atomic E-state index is 0.0288. The molecule has 4 N–H and O–H groups in total. The maximum absolute atomic E-state index is 13.1. The minimum Gasteiger partial charge on any atom is -0.307 e. The smallest absolute Gasteiger partial charge is 0.265 e. The maximum Gasteiger partial charge on any atom is 0.265 e. The molecule has 0 saturated heterocycles. The minimum atomic E-state index is -3.97. The molecule has 0 amide bonds. The molecular weight excluding hydrogens is 387 g/mol. The third kappa shape index (κ3) is 3.62. The number of sulfonamides is 1. The monoisotopic (exact) mass is 394 g/mol. The van der Waals surface area contributed by atoms with E-state index in [1.807, 2.05) is 0 Å². The van der Waals surface area contributed by atoms with Crippen molar-refractivity contribution in [1.29, 1.82) is 0 Å². The molecule has 21 heavy (non-hydrogen) atoms. The lowest BCUT2D eigenvalue weighted by molar-refractivity contribution is 0.601. The standard InChI is InChI=1S/C11H9BrClFN4O2S/c12-6-3-10(11(17-15)16-5-6)21(19,20)18-7-1-2-9(14)8(13)4-7/h1-5,18H,15H2,(H,16,17). The number of hydrogen-bond donors (Lipinski definition) is 3. The summed E-state index contributed by atoms with van der Waals surface area (Å²) in [6.07, 6.45) is 1.39. The summed E-state index contributed by atoms with van der Waals surface area (Å²) < 4.78 is 40.5. The largest absolute Gasteiger partial charge is 0.307 e. The highest BCUT2D eigenvalue weighted by molar-refractivity contribution is 9.10. The number of nitrogens with zero attached hydrogens (tertiary/aromatic N) is 1. The number of hydrazine groups is 1. The molecule has 0 spiro atoms. The van der Waals surface area contributed by atoms with Crippen molar-refractivity contribution in [3.8, 4) is 0 Å². The number of pyridine rings is 1. The fraction of sp³-hybridized carbons (Fsp3) is 0. The van der Waals surface area contributed by atoms with Crippen LogP contribution in [0.15, 0.2) is 39.8 Å². The molecular formula is C11H9BrClFN4O2S. The van der Waals surface area contributed by atoms with Gasteiger partial charge in [-0.25, -0.2) is 23.6 Å². The molecule has 0 fully saturated rings. The van der Waals surface area contributed by atoms with Crippen LogP contribution >= 0.6 is 27.5 Å². The number of aromatic nitrogens is 1. The topological polar surface area (TPSA) is 97.1 Å². The van der Waals surface area contributed by atoms with Crippen LogP contribution in [0.4, 0.5) is 15.9 Å². The first kappa shape index (κ1) is 16.0. The van der Waals surface area contributed by atoms with Gasteiger partial charge in [-0.05, 0) is 40.2 Å². The maximum atomic E-state index is 13.1. The lowest BCUT2D eigenvalue weighted by Gasteiger charge is -2.11. The van der Waals surface area contributed by atoms with Gasteiger partial charge in [0.2, 0.25) is 0 Å². The summed E-state index contributed by atoms with van der Waals surface area (Å²) in [6.45, 7) is 0. The number of nitrogen functional groups attached to an aromatic ring is 1. The molecule has 2 rings (SSSR count). The van der Waals surface area contributed by atoms with Crippen LogP contribution in [-0.4, -0.2) is 13.4 Å². The zero-order chi connectivity index (χ0) is 15.6. The summed E-state index contributed by atoms with van der Waals surface area (Å²) >= 11 is 8.74. The van der Waals surface area contributed by atoms with Crippen molar-refractivity contribution in [3.05, 3.63) is 45.8 Å². The fourth-order valence-electron chi connectivity index (χ4n) is 1.50. The Labute approximate surface area is 133 Å². The molecule has 0 saturated carbocycles. The fourth-order valence-corrected chi connectivity index (χ4v) is 3.36. The molecule has 1 heterocycles. The summed E-state index contributed by atoms with van der Waals surface area (Å²) in [4.78, 5) is 3.68. The molecule has 112 valence electrons. The molecule has 1 aromatic carbocycles. The van der Waals surface area contributed by atoms with Gasteiger partial charge in [0.15, 0.2) is 5.82 Å². The van der Waals surface area contributed by atoms with Gasteiger partial charge in [-0.3, -0.25) is 4.72 Å². The van der Waals surface area contributed by atoms with Gasteiger partial charge in [0.1, 0.15) is 10.7 Å². The highest BCUT2D eigenvalue weighted by Gasteiger charge is 2.20. The van der Waals surface area contributed by atoms with Crippen molar-refractivity contribution >= 4 is 49.1 Å². The molecule has 6 nitrogen and oxygen atoms in total. The Bertz CT molecular complexity index is 788. The molecule has 0 bridgehead atoms. The third-order valence-electron chi connectivity index (χ3n) is 2.42. The van der Waals surface area contributed by atoms with Gasteiger partial charge in [0.05, 0.1) is 10.7 Å². The van der Waals surface area contributed by atoms with Gasteiger partial charge in [0, 0.05) is 10.7 Å². The van der Waals surface area contributed by atoms with Crippen LogP contribution in [0.25, 0.3) is 0 Å². The Morgan fingerprint density at radius 2 is 2.05 bits per heavy atom. The lowest BCUT2D eigenvalue weighted by atomic mass is 10.3. The molecule has 0 aliphatic rings. The van der Waals surface area contributed by atoms with Crippen LogP contribution < -0.4 is 16.0 Å². The highest BCUT2D eigenvalue weighted by atomic mass is 79.9. The van der Waals surface area contributed by atoms with E-state index in [9.17, 15) is 12.8 Å². The quantitative estimate of drug-likeness (QED) is 0.546. The van der Waals surface area contributed by atoms with E-state index in [-0.39, 0.29) is 21.4 Å². The Hall–Kier alpha value is -1.42. The molecule has 1 aromatic heterocycles. The van der Waals surface area contributed by atoms with Gasteiger partial charge in [-0.2, -0.15) is 0 Å². The van der Waals surface area contributed by atoms with Crippen molar-refractivity contribution in [2.45, 2.75) is 4.90 Å². The molecule has 10 heteroatoms. The van der Waals surface area contributed by atoms with E-state index in [4.69, 9.17) is 17.4 Å². The van der Waals surface area contributed by atoms with E-state index in [1.54, 1.807) is 0 Å². The van der Waals surface area contributed by atoms with E-state index >= 15 is 0 Å². The normalized spacial score (nSPS) is 11.2. The van der Waals surface area contributed by atoms with Gasteiger partial charge in [-0.15, -0.1) is 0 Å². The Balaban J connectivity index is 2.42. The van der Waals surface area contributed by atoms with E-state index in [0.29, 0.717) is 4.47 Å². The molecule has 0 aliphatic carbocycles. The second-order valence-electron chi connectivity index (χ2n) is 3.88. The van der Waals surface area contributed by atoms with E-state index in [1.165, 1.54) is 18.3 Å². The number of benzene rings is 1. The van der Waals surface area contributed by atoms with Crippen molar-refractivity contribution in [2.24, 2.45) is 5.84 Å². The number of halogens is 3. The molecule has 0 aliphatic heterocycles. The zero-order valence-corrected chi connectivity index (χ0v) is 13.4. The number of anilines is 2. The number of nitrogens with one attached hydrogen (secondary N) is 2. The number of hydrogen-bond acceptors (Lipinski definition) is 5. The van der Waals surface area contributed by atoms with E-state index in [0.717, 1.165) is 12.1 Å². The van der Waals surface area contributed by atoms with Crippen LogP contribution in [0.1, 0.15) is 0 Å². The van der Waals surface area contributed by atoms with Gasteiger partial charge < -0.3 is 5.43 Å². The summed E-state index contributed by atoms with van der Waals surface area (Å²) in [7, 11) is -3.97. The predicted octanol–water partition coefficient (Wildman–Crippen LogP) is 2.72. The van der Waals surface area contributed by atoms with Gasteiger partial charge in [0.25, 0.3) is 10.0 Å². The predicted molar refractivity (Wildman–Crippen MR) is 82.0 cm³/mol. The van der Waals surface area contributed by atoms with Crippen LogP contribution in [0.2, 0.25) is 5.02 Å². The first-order valence-electron chi connectivity index (χ1n) is 5.43. The zero-order valence-electron chi connectivity index (χ0n) is 10.3. The SMILES string of the molecule is NNc1ncc(Br)cc1S(=O)(=O)Nc1ccc(F)c(Cl)c1. The van der Waals surface area contributed by atoms with Crippen LogP contribution in [-0.2, 0) is 10.0 Å². The van der Waals surface area contributed by atoms with Crippen molar-refractivity contribution < 1.29 is 12.8 Å². The average Bonchev–Trinajstić information content (AvgIpc) is 2.42. The lowest BCUT2D eigenvalue weighted by Crippen LogP contribution is -2.18. The van der Waals surface area contributed by atoms with Crippen molar-refractivity contribution in [1.82, 2.24) is 4.98 Å².